The van der Waals surface area contributed by atoms with Crippen LogP contribution in [-0.4, -0.2) is 40.6 Å². The normalized spacial score (nSPS) is 16.0. The van der Waals surface area contributed by atoms with E-state index in [-0.39, 0.29) is 0 Å². The summed E-state index contributed by atoms with van der Waals surface area (Å²) in [5.74, 6) is 0. The fourth-order valence-corrected chi connectivity index (χ4v) is 3.63. The van der Waals surface area contributed by atoms with Gasteiger partial charge in [-0.3, -0.25) is 9.88 Å². The van der Waals surface area contributed by atoms with Crippen molar-refractivity contribution in [1.29, 1.82) is 0 Å². The molecule has 0 spiro atoms. The van der Waals surface area contributed by atoms with Crippen LogP contribution >= 0.6 is 0 Å². The second-order valence-corrected chi connectivity index (χ2v) is 6.75. The van der Waals surface area contributed by atoms with Crippen molar-refractivity contribution in [2.45, 2.75) is 13.5 Å². The van der Waals surface area contributed by atoms with Crippen LogP contribution in [0.25, 0.3) is 10.9 Å². The van der Waals surface area contributed by atoms with Gasteiger partial charge in [0.1, 0.15) is 0 Å². The Hall–Kier alpha value is -2.33. The maximum absolute atomic E-state index is 4.20. The lowest BCUT2D eigenvalue weighted by Crippen LogP contribution is -2.46. The molecule has 0 saturated carbocycles. The van der Waals surface area contributed by atoms with Gasteiger partial charge in [0, 0.05) is 69.6 Å². The Labute approximate surface area is 143 Å². The van der Waals surface area contributed by atoms with Crippen LogP contribution in [-0.2, 0) is 13.6 Å². The molecule has 3 heterocycles. The Kier molecular flexibility index (Phi) is 3.98. The minimum Gasteiger partial charge on any atom is -0.369 e. The van der Waals surface area contributed by atoms with E-state index in [1.165, 1.54) is 27.7 Å². The van der Waals surface area contributed by atoms with Crippen molar-refractivity contribution in [3.63, 3.8) is 0 Å². The Morgan fingerprint density at radius 1 is 1.04 bits per heavy atom. The zero-order valence-electron chi connectivity index (χ0n) is 14.4. The molecular weight excluding hydrogens is 296 g/mol. The fraction of sp³-hybridized carbons (Fsp3) is 0.350. The van der Waals surface area contributed by atoms with Crippen molar-refractivity contribution in [2.24, 2.45) is 7.05 Å². The largest absolute Gasteiger partial charge is 0.369 e. The molecule has 4 rings (SSSR count). The third kappa shape index (κ3) is 2.89. The van der Waals surface area contributed by atoms with E-state index in [0.717, 1.165) is 32.7 Å². The Morgan fingerprint density at radius 2 is 1.88 bits per heavy atom. The summed E-state index contributed by atoms with van der Waals surface area (Å²) in [5.41, 5.74) is 5.31. The lowest BCUT2D eigenvalue weighted by Gasteiger charge is -2.36. The van der Waals surface area contributed by atoms with Gasteiger partial charge in [0.25, 0.3) is 0 Å². The second-order valence-electron chi connectivity index (χ2n) is 6.75. The first-order valence-corrected chi connectivity index (χ1v) is 8.62. The number of piperazine rings is 1. The summed E-state index contributed by atoms with van der Waals surface area (Å²) in [4.78, 5) is 9.23. The molecule has 2 aromatic heterocycles. The summed E-state index contributed by atoms with van der Waals surface area (Å²) in [5, 5.41) is 1.32. The van der Waals surface area contributed by atoms with Gasteiger partial charge in [-0.1, -0.05) is 12.1 Å². The average molecular weight is 320 g/mol. The second kappa shape index (κ2) is 6.29. The Morgan fingerprint density at radius 3 is 2.67 bits per heavy atom. The first-order chi connectivity index (χ1) is 11.7. The van der Waals surface area contributed by atoms with Crippen molar-refractivity contribution in [3.8, 4) is 0 Å². The van der Waals surface area contributed by atoms with E-state index in [1.807, 2.05) is 12.4 Å². The maximum Gasteiger partial charge on any atom is 0.0480 e. The van der Waals surface area contributed by atoms with Gasteiger partial charge in [-0.2, -0.15) is 0 Å². The standard InChI is InChI=1S/C20H24N4/c1-16-14-21-7-5-19(16)24-11-9-23(10-12-24)15-17-3-4-18-6-8-22(2)20(18)13-17/h3-8,13-14H,9-12,15H2,1-2H3. The number of pyridine rings is 1. The number of aromatic nitrogens is 2. The lowest BCUT2D eigenvalue weighted by molar-refractivity contribution is 0.250. The average Bonchev–Trinajstić information content (AvgIpc) is 2.97. The van der Waals surface area contributed by atoms with Crippen molar-refractivity contribution in [2.75, 3.05) is 31.1 Å². The van der Waals surface area contributed by atoms with Gasteiger partial charge in [0.2, 0.25) is 0 Å². The molecule has 0 radical (unpaired) electrons. The molecule has 0 bridgehead atoms. The van der Waals surface area contributed by atoms with Crippen LogP contribution in [0.3, 0.4) is 0 Å². The number of rotatable bonds is 3. The number of fused-ring (bicyclic) bond motifs is 1. The van der Waals surface area contributed by atoms with Crippen molar-refractivity contribution in [3.05, 3.63) is 60.0 Å². The minimum absolute atomic E-state index is 1.03. The number of hydrogen-bond acceptors (Lipinski definition) is 3. The monoisotopic (exact) mass is 320 g/mol. The number of nitrogens with zero attached hydrogens (tertiary/aromatic N) is 4. The fourth-order valence-electron chi connectivity index (χ4n) is 3.63. The molecule has 0 amide bonds. The lowest BCUT2D eigenvalue weighted by atomic mass is 10.1. The zero-order chi connectivity index (χ0) is 16.5. The molecule has 0 aliphatic carbocycles. The third-order valence-corrected chi connectivity index (χ3v) is 5.06. The predicted octanol–water partition coefficient (Wildman–Crippen LogP) is 3.20. The smallest absolute Gasteiger partial charge is 0.0480 e. The quantitative estimate of drug-likeness (QED) is 0.741. The van der Waals surface area contributed by atoms with E-state index in [4.69, 9.17) is 0 Å². The Balaban J connectivity index is 1.42. The van der Waals surface area contributed by atoms with E-state index in [1.54, 1.807) is 0 Å². The number of hydrogen-bond donors (Lipinski definition) is 0. The Bertz CT molecular complexity index is 844. The summed E-state index contributed by atoms with van der Waals surface area (Å²) >= 11 is 0. The molecule has 4 heteroatoms. The molecule has 1 aromatic carbocycles. The molecule has 4 nitrogen and oxygen atoms in total. The van der Waals surface area contributed by atoms with Crippen LogP contribution in [0.4, 0.5) is 5.69 Å². The van der Waals surface area contributed by atoms with Crippen LogP contribution in [0, 0.1) is 6.92 Å². The van der Waals surface area contributed by atoms with Gasteiger partial charge in [-0.25, -0.2) is 0 Å². The highest BCUT2D eigenvalue weighted by Crippen LogP contribution is 2.21. The van der Waals surface area contributed by atoms with E-state index < -0.39 is 0 Å². The molecule has 3 aromatic rings. The molecular formula is C20H24N4. The summed E-state index contributed by atoms with van der Waals surface area (Å²) < 4.78 is 2.20. The van der Waals surface area contributed by atoms with Gasteiger partial charge >= 0.3 is 0 Å². The molecule has 1 aliphatic heterocycles. The van der Waals surface area contributed by atoms with Crippen molar-refractivity contribution >= 4 is 16.6 Å². The van der Waals surface area contributed by atoms with E-state index in [9.17, 15) is 0 Å². The minimum atomic E-state index is 1.03. The van der Waals surface area contributed by atoms with Gasteiger partial charge in [-0.05, 0) is 41.6 Å². The predicted molar refractivity (Wildman–Crippen MR) is 99.4 cm³/mol. The topological polar surface area (TPSA) is 24.3 Å². The molecule has 0 unspecified atom stereocenters. The van der Waals surface area contributed by atoms with Crippen LogP contribution in [0.15, 0.2) is 48.9 Å². The van der Waals surface area contributed by atoms with Crippen LogP contribution in [0.1, 0.15) is 11.1 Å². The third-order valence-electron chi connectivity index (χ3n) is 5.06. The maximum atomic E-state index is 4.20. The number of benzene rings is 1. The molecule has 24 heavy (non-hydrogen) atoms. The SMILES string of the molecule is Cc1cnccc1N1CCN(Cc2ccc3ccn(C)c3c2)CC1. The van der Waals surface area contributed by atoms with E-state index in [2.05, 4.69) is 69.9 Å². The summed E-state index contributed by atoms with van der Waals surface area (Å²) in [6, 6.07) is 11.1. The van der Waals surface area contributed by atoms with Crippen LogP contribution in [0.2, 0.25) is 0 Å². The summed E-state index contributed by atoms with van der Waals surface area (Å²) in [7, 11) is 2.11. The first-order valence-electron chi connectivity index (χ1n) is 8.62. The van der Waals surface area contributed by atoms with Gasteiger partial charge < -0.3 is 9.47 Å². The molecule has 1 fully saturated rings. The van der Waals surface area contributed by atoms with Gasteiger partial charge in [0.05, 0.1) is 0 Å². The summed E-state index contributed by atoms with van der Waals surface area (Å²) in [6.45, 7) is 7.54. The van der Waals surface area contributed by atoms with Crippen LogP contribution in [0.5, 0.6) is 0 Å². The summed E-state index contributed by atoms with van der Waals surface area (Å²) in [6.07, 6.45) is 5.98. The molecule has 0 atom stereocenters. The van der Waals surface area contributed by atoms with Crippen molar-refractivity contribution < 1.29 is 0 Å². The van der Waals surface area contributed by atoms with Crippen molar-refractivity contribution in [1.82, 2.24) is 14.5 Å². The van der Waals surface area contributed by atoms with Gasteiger partial charge in [0.15, 0.2) is 0 Å². The number of aryl methyl sites for hydroxylation is 2. The van der Waals surface area contributed by atoms with Gasteiger partial charge in [-0.15, -0.1) is 0 Å². The first kappa shape index (κ1) is 15.2. The molecule has 1 aliphatic rings. The van der Waals surface area contributed by atoms with Crippen LogP contribution < -0.4 is 4.90 Å². The molecule has 1 saturated heterocycles. The van der Waals surface area contributed by atoms with E-state index in [0.29, 0.717) is 0 Å². The van der Waals surface area contributed by atoms with E-state index >= 15 is 0 Å². The zero-order valence-corrected chi connectivity index (χ0v) is 14.4. The molecule has 0 N–H and O–H groups in total. The number of anilines is 1. The highest BCUT2D eigenvalue weighted by molar-refractivity contribution is 5.80. The highest BCUT2D eigenvalue weighted by atomic mass is 15.3. The highest BCUT2D eigenvalue weighted by Gasteiger charge is 2.18. The molecule has 124 valence electrons.